The molecule has 1 N–H and O–H groups in total. The molecule has 0 aliphatic rings. The van der Waals surface area contributed by atoms with Crippen LogP contribution in [0, 0.1) is 0 Å². The van der Waals surface area contributed by atoms with E-state index in [0.717, 1.165) is 29.4 Å². The Balaban J connectivity index is 0.000000686. The van der Waals surface area contributed by atoms with E-state index in [9.17, 15) is 5.11 Å². The van der Waals surface area contributed by atoms with E-state index in [2.05, 4.69) is 27.8 Å². The number of fused-ring (bicyclic) bond motifs is 1. The SMILES string of the molecule is CC.CCCc1ccc2ccc(O)c(Br)c2n1. The standard InChI is InChI=1S/C12H12BrNO.C2H6/c1-2-3-9-6-4-8-5-7-10(15)11(13)12(8)14-9;1-2/h4-7,15H,2-3H2,1H3;1-2H3. The molecule has 0 unspecified atom stereocenters. The lowest BCUT2D eigenvalue weighted by molar-refractivity contribution is 0.473. The van der Waals surface area contributed by atoms with E-state index in [1.165, 1.54) is 0 Å². The minimum Gasteiger partial charge on any atom is -0.507 e. The predicted octanol–water partition coefficient (Wildman–Crippen LogP) is 4.68. The second kappa shape index (κ2) is 6.60. The Morgan fingerprint density at radius 1 is 1.18 bits per heavy atom. The molecular formula is C14H18BrNO. The van der Waals surface area contributed by atoms with Crippen LogP contribution in [0.3, 0.4) is 0 Å². The average molecular weight is 296 g/mol. The molecule has 1 aromatic heterocycles. The molecule has 0 saturated carbocycles. The topological polar surface area (TPSA) is 33.1 Å². The summed E-state index contributed by atoms with van der Waals surface area (Å²) in [4.78, 5) is 4.52. The Labute approximate surface area is 111 Å². The minimum absolute atomic E-state index is 0.239. The normalized spacial score (nSPS) is 9.88. The number of halogens is 1. The highest BCUT2D eigenvalue weighted by molar-refractivity contribution is 9.10. The van der Waals surface area contributed by atoms with E-state index in [1.54, 1.807) is 6.07 Å². The maximum Gasteiger partial charge on any atom is 0.132 e. The van der Waals surface area contributed by atoms with Gasteiger partial charge in [-0.05, 0) is 40.5 Å². The maximum atomic E-state index is 9.55. The van der Waals surface area contributed by atoms with Crippen molar-refractivity contribution in [1.82, 2.24) is 4.98 Å². The second-order valence-electron chi connectivity index (χ2n) is 3.52. The van der Waals surface area contributed by atoms with Crippen molar-refractivity contribution in [3.05, 3.63) is 34.4 Å². The lowest BCUT2D eigenvalue weighted by Crippen LogP contribution is -1.90. The molecule has 0 amide bonds. The largest absolute Gasteiger partial charge is 0.507 e. The van der Waals surface area contributed by atoms with Crippen molar-refractivity contribution in [2.75, 3.05) is 0 Å². The molecule has 92 valence electrons. The average Bonchev–Trinajstić information content (AvgIpc) is 2.37. The van der Waals surface area contributed by atoms with Gasteiger partial charge in [0, 0.05) is 11.1 Å². The highest BCUT2D eigenvalue weighted by Gasteiger charge is 2.05. The van der Waals surface area contributed by atoms with E-state index in [0.29, 0.717) is 4.47 Å². The lowest BCUT2D eigenvalue weighted by Gasteiger charge is -2.04. The molecular weight excluding hydrogens is 278 g/mol. The number of rotatable bonds is 2. The van der Waals surface area contributed by atoms with Crippen LogP contribution in [0.2, 0.25) is 0 Å². The van der Waals surface area contributed by atoms with Crippen molar-refractivity contribution >= 4 is 26.8 Å². The van der Waals surface area contributed by atoms with E-state index >= 15 is 0 Å². The number of phenols is 1. The molecule has 2 nitrogen and oxygen atoms in total. The van der Waals surface area contributed by atoms with Crippen LogP contribution in [0.1, 0.15) is 32.9 Å². The van der Waals surface area contributed by atoms with Gasteiger partial charge in [-0.3, -0.25) is 4.98 Å². The summed E-state index contributed by atoms with van der Waals surface area (Å²) in [6, 6.07) is 7.62. The van der Waals surface area contributed by atoms with Crippen LogP contribution in [0.5, 0.6) is 5.75 Å². The number of aromatic hydroxyl groups is 1. The van der Waals surface area contributed by atoms with Crippen LogP contribution in [0.25, 0.3) is 10.9 Å². The highest BCUT2D eigenvalue weighted by atomic mass is 79.9. The Morgan fingerprint density at radius 2 is 1.82 bits per heavy atom. The molecule has 0 fully saturated rings. The summed E-state index contributed by atoms with van der Waals surface area (Å²) in [5, 5.41) is 10.6. The molecule has 1 aromatic carbocycles. The molecule has 17 heavy (non-hydrogen) atoms. The zero-order valence-corrected chi connectivity index (χ0v) is 12.1. The van der Waals surface area contributed by atoms with Gasteiger partial charge < -0.3 is 5.11 Å². The minimum atomic E-state index is 0.239. The van der Waals surface area contributed by atoms with Gasteiger partial charge in [-0.25, -0.2) is 0 Å². The van der Waals surface area contributed by atoms with Gasteiger partial charge in [0.15, 0.2) is 0 Å². The number of pyridine rings is 1. The first kappa shape index (κ1) is 14.0. The van der Waals surface area contributed by atoms with E-state index < -0.39 is 0 Å². The fourth-order valence-electron chi connectivity index (χ4n) is 1.58. The Morgan fingerprint density at radius 3 is 2.47 bits per heavy atom. The summed E-state index contributed by atoms with van der Waals surface area (Å²) in [6.45, 7) is 6.13. The predicted molar refractivity (Wildman–Crippen MR) is 76.5 cm³/mol. The van der Waals surface area contributed by atoms with Crippen LogP contribution in [-0.2, 0) is 6.42 Å². The molecule has 1 heterocycles. The van der Waals surface area contributed by atoms with Crippen molar-refractivity contribution in [1.29, 1.82) is 0 Å². The molecule has 0 radical (unpaired) electrons. The molecule has 0 saturated heterocycles. The first-order chi connectivity index (χ1) is 8.22. The lowest BCUT2D eigenvalue weighted by atomic mass is 10.1. The zero-order chi connectivity index (χ0) is 12.8. The number of nitrogens with zero attached hydrogens (tertiary/aromatic N) is 1. The first-order valence-electron chi connectivity index (χ1n) is 5.99. The quantitative estimate of drug-likeness (QED) is 0.872. The Kier molecular flexibility index (Phi) is 5.42. The molecule has 2 aromatic rings. The van der Waals surface area contributed by atoms with Gasteiger partial charge >= 0.3 is 0 Å². The number of hydrogen-bond donors (Lipinski definition) is 1. The van der Waals surface area contributed by atoms with E-state index in [1.807, 2.05) is 32.0 Å². The summed E-state index contributed by atoms with van der Waals surface area (Å²) in [6.07, 6.45) is 2.05. The second-order valence-corrected chi connectivity index (χ2v) is 4.32. The summed E-state index contributed by atoms with van der Waals surface area (Å²) >= 11 is 3.35. The van der Waals surface area contributed by atoms with Gasteiger partial charge in [0.05, 0.1) is 9.99 Å². The number of aryl methyl sites for hydroxylation is 1. The zero-order valence-electron chi connectivity index (χ0n) is 10.5. The summed E-state index contributed by atoms with van der Waals surface area (Å²) in [7, 11) is 0. The molecule has 0 aliphatic heterocycles. The molecule has 0 spiro atoms. The fraction of sp³-hybridized carbons (Fsp3) is 0.357. The number of aromatic nitrogens is 1. The van der Waals surface area contributed by atoms with Gasteiger partial charge in [-0.2, -0.15) is 0 Å². The highest BCUT2D eigenvalue weighted by Crippen LogP contribution is 2.30. The molecule has 3 heteroatoms. The van der Waals surface area contributed by atoms with Crippen LogP contribution in [0.15, 0.2) is 28.7 Å². The third kappa shape index (κ3) is 3.19. The van der Waals surface area contributed by atoms with Gasteiger partial charge in [-0.15, -0.1) is 0 Å². The van der Waals surface area contributed by atoms with Crippen molar-refractivity contribution < 1.29 is 5.11 Å². The number of benzene rings is 1. The van der Waals surface area contributed by atoms with Gasteiger partial charge in [0.25, 0.3) is 0 Å². The van der Waals surface area contributed by atoms with Gasteiger partial charge in [-0.1, -0.05) is 33.3 Å². The third-order valence-corrected chi connectivity index (χ3v) is 3.13. The van der Waals surface area contributed by atoms with Gasteiger partial charge in [0.1, 0.15) is 5.75 Å². The maximum absolute atomic E-state index is 9.55. The first-order valence-corrected chi connectivity index (χ1v) is 6.78. The smallest absolute Gasteiger partial charge is 0.132 e. The van der Waals surface area contributed by atoms with Crippen LogP contribution >= 0.6 is 15.9 Å². The van der Waals surface area contributed by atoms with Crippen molar-refractivity contribution in [2.45, 2.75) is 33.6 Å². The fourth-order valence-corrected chi connectivity index (χ4v) is 2.03. The summed E-state index contributed by atoms with van der Waals surface area (Å²) in [5.74, 6) is 0.239. The number of phenolic OH excluding ortho intramolecular Hbond substituents is 1. The van der Waals surface area contributed by atoms with E-state index in [-0.39, 0.29) is 5.75 Å². The Hall–Kier alpha value is -1.09. The monoisotopic (exact) mass is 295 g/mol. The molecule has 0 atom stereocenters. The van der Waals surface area contributed by atoms with Crippen molar-refractivity contribution in [2.24, 2.45) is 0 Å². The Bertz CT molecular complexity index is 497. The number of hydrogen-bond acceptors (Lipinski definition) is 2. The van der Waals surface area contributed by atoms with Crippen molar-refractivity contribution in [3.63, 3.8) is 0 Å². The van der Waals surface area contributed by atoms with Gasteiger partial charge in [0.2, 0.25) is 0 Å². The summed E-state index contributed by atoms with van der Waals surface area (Å²) < 4.78 is 0.679. The van der Waals surface area contributed by atoms with Crippen LogP contribution in [0.4, 0.5) is 0 Å². The molecule has 2 rings (SSSR count). The van der Waals surface area contributed by atoms with E-state index in [4.69, 9.17) is 0 Å². The molecule has 0 aliphatic carbocycles. The third-order valence-electron chi connectivity index (χ3n) is 2.34. The van der Waals surface area contributed by atoms with Crippen LogP contribution in [-0.4, -0.2) is 10.1 Å². The summed E-state index contributed by atoms with van der Waals surface area (Å²) in [5.41, 5.74) is 1.90. The molecule has 0 bridgehead atoms. The van der Waals surface area contributed by atoms with Crippen LogP contribution < -0.4 is 0 Å². The van der Waals surface area contributed by atoms with Crippen molar-refractivity contribution in [3.8, 4) is 5.75 Å².